The van der Waals surface area contributed by atoms with Crippen molar-refractivity contribution >= 4 is 17.1 Å². The fourth-order valence-corrected chi connectivity index (χ4v) is 9.51. The van der Waals surface area contributed by atoms with Gasteiger partial charge in [0.15, 0.2) is 0 Å². The van der Waals surface area contributed by atoms with E-state index in [0.29, 0.717) is 0 Å². The lowest BCUT2D eigenvalue weighted by Crippen LogP contribution is -2.28. The van der Waals surface area contributed by atoms with Crippen LogP contribution in [0.3, 0.4) is 0 Å². The molecule has 2 unspecified atom stereocenters. The molecule has 0 aromatic heterocycles. The molecule has 1 aliphatic heterocycles. The Kier molecular flexibility index (Phi) is 7.89. The van der Waals surface area contributed by atoms with E-state index in [-0.39, 0.29) is 12.0 Å². The van der Waals surface area contributed by atoms with Gasteiger partial charge in [0.25, 0.3) is 0 Å². The van der Waals surface area contributed by atoms with Crippen molar-refractivity contribution in [3.63, 3.8) is 0 Å². The Morgan fingerprint density at radius 3 is 1.53 bits per heavy atom. The van der Waals surface area contributed by atoms with Crippen molar-refractivity contribution in [3.8, 4) is 39.1 Å². The predicted octanol–water partition coefficient (Wildman–Crippen LogP) is 13.8. The Morgan fingerprint density at radius 2 is 0.895 bits per heavy atom. The van der Waals surface area contributed by atoms with Crippen LogP contribution in [0.5, 0.6) is 5.75 Å². The average Bonchev–Trinajstić information content (AvgIpc) is 3.82. The van der Waals surface area contributed by atoms with Gasteiger partial charge in [0.05, 0.1) is 11.1 Å². The van der Waals surface area contributed by atoms with Crippen LogP contribution in [0.15, 0.2) is 224 Å². The summed E-state index contributed by atoms with van der Waals surface area (Å²) in [6.45, 7) is 0. The molecule has 8 aromatic rings. The van der Waals surface area contributed by atoms with Crippen LogP contribution >= 0.6 is 0 Å². The number of hydrogen-bond acceptors (Lipinski definition) is 2. The molecule has 57 heavy (non-hydrogen) atoms. The van der Waals surface area contributed by atoms with Crippen molar-refractivity contribution in [2.24, 2.45) is 0 Å². The van der Waals surface area contributed by atoms with E-state index in [1.807, 2.05) is 0 Å². The van der Waals surface area contributed by atoms with Crippen molar-refractivity contribution in [3.05, 3.63) is 252 Å². The molecule has 3 aliphatic rings. The van der Waals surface area contributed by atoms with Crippen molar-refractivity contribution in [1.29, 1.82) is 0 Å². The molecule has 2 atom stereocenters. The minimum atomic E-state index is -0.457. The molecule has 0 bridgehead atoms. The summed E-state index contributed by atoms with van der Waals surface area (Å²) in [7, 11) is 0. The molecule has 0 spiro atoms. The molecule has 0 saturated heterocycles. The second-order valence-electron chi connectivity index (χ2n) is 15.2. The first-order chi connectivity index (χ1) is 28.3. The van der Waals surface area contributed by atoms with Gasteiger partial charge in [-0.3, -0.25) is 0 Å². The molecule has 2 aliphatic carbocycles. The Labute approximate surface area is 334 Å². The molecule has 0 fully saturated rings. The van der Waals surface area contributed by atoms with E-state index in [9.17, 15) is 0 Å². The Bertz CT molecular complexity index is 2750. The summed E-state index contributed by atoms with van der Waals surface area (Å²) in [4.78, 5) is 2.36. The molecule has 0 N–H and O–H groups in total. The Hall–Kier alpha value is -7.16. The number of para-hydroxylation sites is 1. The topological polar surface area (TPSA) is 12.5 Å². The molecule has 0 saturated carbocycles. The molecule has 11 rings (SSSR count). The van der Waals surface area contributed by atoms with Gasteiger partial charge >= 0.3 is 0 Å². The average molecular weight is 730 g/mol. The second kappa shape index (κ2) is 13.5. The lowest BCUT2D eigenvalue weighted by atomic mass is 9.68. The highest BCUT2D eigenvalue weighted by Gasteiger charge is 2.46. The van der Waals surface area contributed by atoms with Gasteiger partial charge in [0.2, 0.25) is 0 Å². The first kappa shape index (κ1) is 33.2. The molecule has 1 heterocycles. The highest BCUT2D eigenvalue weighted by Crippen LogP contribution is 2.57. The number of ether oxygens (including phenoxy) is 1. The summed E-state index contributed by atoms with van der Waals surface area (Å²) in [6, 6.07) is 73.0. The van der Waals surface area contributed by atoms with E-state index in [2.05, 4.69) is 229 Å². The fraction of sp³-hybridized carbons (Fsp3) is 0.0545. The number of benzene rings is 8. The van der Waals surface area contributed by atoms with Crippen LogP contribution in [-0.2, 0) is 5.41 Å². The van der Waals surface area contributed by atoms with Crippen molar-refractivity contribution in [2.75, 3.05) is 4.90 Å². The number of nitrogens with zero attached hydrogens (tertiary/aromatic N) is 1. The maximum absolute atomic E-state index is 6.78. The number of hydrogen-bond donors (Lipinski definition) is 0. The zero-order valence-electron chi connectivity index (χ0n) is 31.4. The van der Waals surface area contributed by atoms with Crippen LogP contribution in [-0.4, -0.2) is 6.10 Å². The van der Waals surface area contributed by atoms with E-state index in [0.717, 1.165) is 22.8 Å². The molecule has 2 heteroatoms. The van der Waals surface area contributed by atoms with E-state index in [4.69, 9.17) is 4.74 Å². The molecule has 0 radical (unpaired) electrons. The fourth-order valence-electron chi connectivity index (χ4n) is 9.51. The first-order valence-electron chi connectivity index (χ1n) is 19.8. The van der Waals surface area contributed by atoms with Crippen LogP contribution in [0, 0.1) is 0 Å². The number of allylic oxidation sites excluding steroid dienone is 2. The highest BCUT2D eigenvalue weighted by atomic mass is 16.5. The highest BCUT2D eigenvalue weighted by molar-refractivity contribution is 5.87. The third-order valence-electron chi connectivity index (χ3n) is 12.1. The molecule has 2 nitrogen and oxygen atoms in total. The second-order valence-corrected chi connectivity index (χ2v) is 15.2. The minimum Gasteiger partial charge on any atom is -0.483 e. The zero-order chi connectivity index (χ0) is 37.8. The van der Waals surface area contributed by atoms with Gasteiger partial charge in [0, 0.05) is 22.9 Å². The van der Waals surface area contributed by atoms with Crippen LogP contribution in [0.1, 0.15) is 33.7 Å². The van der Waals surface area contributed by atoms with Crippen molar-refractivity contribution in [1.82, 2.24) is 0 Å². The summed E-state index contributed by atoms with van der Waals surface area (Å²) in [6.07, 6.45) is 8.65. The lowest BCUT2D eigenvalue weighted by molar-refractivity contribution is 0.269. The van der Waals surface area contributed by atoms with Crippen molar-refractivity contribution in [2.45, 2.75) is 17.4 Å². The van der Waals surface area contributed by atoms with Crippen molar-refractivity contribution < 1.29 is 4.74 Å². The normalized spacial score (nSPS) is 16.6. The Morgan fingerprint density at radius 1 is 0.404 bits per heavy atom. The van der Waals surface area contributed by atoms with E-state index >= 15 is 0 Å². The quantitative estimate of drug-likeness (QED) is 0.162. The van der Waals surface area contributed by atoms with Gasteiger partial charge in [-0.2, -0.15) is 0 Å². The lowest BCUT2D eigenvalue weighted by Gasteiger charge is -2.34. The maximum Gasteiger partial charge on any atom is 0.148 e. The minimum absolute atomic E-state index is 0.00940. The number of fused-ring (bicyclic) bond motifs is 6. The number of anilines is 3. The van der Waals surface area contributed by atoms with Gasteiger partial charge in [-0.1, -0.05) is 188 Å². The molecular formula is C55H39NO. The summed E-state index contributed by atoms with van der Waals surface area (Å²) in [5.74, 6) is 1.14. The number of rotatable bonds is 7. The van der Waals surface area contributed by atoms with Gasteiger partial charge in [-0.05, 0) is 92.0 Å². The predicted molar refractivity (Wildman–Crippen MR) is 235 cm³/mol. The Balaban J connectivity index is 1.04. The largest absolute Gasteiger partial charge is 0.483 e. The van der Waals surface area contributed by atoms with Gasteiger partial charge in [0.1, 0.15) is 11.9 Å². The van der Waals surface area contributed by atoms with E-state index in [1.54, 1.807) is 0 Å². The van der Waals surface area contributed by atoms with E-state index < -0.39 is 5.41 Å². The SMILES string of the molecule is C1=CC2Oc3c(cccc3N(c3ccc(-c4ccc(-c5ccccc5)cc4)cc3)c3ccc(C4(c5ccccc5)c5ccccc5-c5ccccc54)cc3)C2C=C1. The maximum atomic E-state index is 6.78. The van der Waals surface area contributed by atoms with Gasteiger partial charge in [-0.25, -0.2) is 0 Å². The van der Waals surface area contributed by atoms with Crippen LogP contribution in [0.2, 0.25) is 0 Å². The summed E-state index contributed by atoms with van der Waals surface area (Å²) in [5, 5.41) is 0. The summed E-state index contributed by atoms with van der Waals surface area (Å²) < 4.78 is 6.78. The van der Waals surface area contributed by atoms with Crippen LogP contribution in [0.4, 0.5) is 17.1 Å². The summed E-state index contributed by atoms with van der Waals surface area (Å²) in [5.41, 5.74) is 16.4. The third-order valence-corrected chi connectivity index (χ3v) is 12.1. The standard InChI is InChI=1S/C55H39NO/c1-3-14-38(15-4-1)39-26-28-40(29-27-39)41-30-34-44(35-31-41)56(52-24-13-21-49-48-20-9-12-25-53(48)57-54(49)52)45-36-32-43(33-37-45)55(42-16-5-2-6-17-42)50-22-10-7-18-46(50)47-19-8-11-23-51(47)55/h1-37,48,53H. The third kappa shape index (κ3) is 5.33. The molecule has 0 amide bonds. The molecule has 270 valence electrons. The van der Waals surface area contributed by atoms with E-state index in [1.165, 1.54) is 61.2 Å². The smallest absolute Gasteiger partial charge is 0.148 e. The summed E-state index contributed by atoms with van der Waals surface area (Å²) >= 11 is 0. The molecule has 8 aromatic carbocycles. The first-order valence-corrected chi connectivity index (χ1v) is 19.8. The van der Waals surface area contributed by atoms with Crippen LogP contribution in [0.25, 0.3) is 33.4 Å². The van der Waals surface area contributed by atoms with Gasteiger partial charge < -0.3 is 9.64 Å². The van der Waals surface area contributed by atoms with Gasteiger partial charge in [-0.15, -0.1) is 0 Å². The molecular weight excluding hydrogens is 691 g/mol. The monoisotopic (exact) mass is 729 g/mol. The van der Waals surface area contributed by atoms with Crippen LogP contribution < -0.4 is 9.64 Å². The zero-order valence-corrected chi connectivity index (χ0v) is 31.4.